The van der Waals surface area contributed by atoms with E-state index in [2.05, 4.69) is 10.3 Å². The summed E-state index contributed by atoms with van der Waals surface area (Å²) in [6.45, 7) is 5.22. The molecule has 1 aliphatic rings. The lowest BCUT2D eigenvalue weighted by molar-refractivity contribution is -0.133. The van der Waals surface area contributed by atoms with Crippen molar-refractivity contribution in [1.29, 1.82) is 0 Å². The minimum Gasteiger partial charge on any atom is -0.342 e. The van der Waals surface area contributed by atoms with Gasteiger partial charge in [-0.15, -0.1) is 11.3 Å². The van der Waals surface area contributed by atoms with Crippen LogP contribution in [0.15, 0.2) is 41.9 Å². The minimum absolute atomic E-state index is 0.0112. The second-order valence-electron chi connectivity index (χ2n) is 7.33. The quantitative estimate of drug-likeness (QED) is 0.728. The molecule has 0 aliphatic carbocycles. The zero-order valence-electron chi connectivity index (χ0n) is 15.9. The highest BCUT2D eigenvalue weighted by Crippen LogP contribution is 2.30. The third kappa shape index (κ3) is 3.62. The third-order valence-electron chi connectivity index (χ3n) is 5.05. The molecular formula is C21H22N4O2S. The van der Waals surface area contributed by atoms with Gasteiger partial charge in [-0.3, -0.25) is 19.9 Å². The number of pyridine rings is 1. The van der Waals surface area contributed by atoms with Crippen LogP contribution in [0.1, 0.15) is 42.2 Å². The molecule has 3 aromatic rings. The van der Waals surface area contributed by atoms with E-state index in [1.54, 1.807) is 6.20 Å². The average Bonchev–Trinajstić information content (AvgIpc) is 3.38. The second-order valence-corrected chi connectivity index (χ2v) is 8.22. The van der Waals surface area contributed by atoms with E-state index in [0.29, 0.717) is 17.2 Å². The van der Waals surface area contributed by atoms with Gasteiger partial charge in [-0.2, -0.15) is 0 Å². The Balaban J connectivity index is 1.67. The number of benzene rings is 1. The summed E-state index contributed by atoms with van der Waals surface area (Å²) in [5.41, 5.74) is 2.24. The molecule has 144 valence electrons. The van der Waals surface area contributed by atoms with Gasteiger partial charge in [-0.1, -0.05) is 32.0 Å². The van der Waals surface area contributed by atoms with Crippen LogP contribution >= 0.6 is 11.3 Å². The maximum Gasteiger partial charge on any atom is 0.258 e. The van der Waals surface area contributed by atoms with Gasteiger partial charge in [0, 0.05) is 47.6 Å². The third-order valence-corrected chi connectivity index (χ3v) is 5.73. The van der Waals surface area contributed by atoms with Gasteiger partial charge < -0.3 is 4.90 Å². The van der Waals surface area contributed by atoms with Gasteiger partial charge in [0.05, 0.1) is 11.1 Å². The van der Waals surface area contributed by atoms with Crippen molar-refractivity contribution in [2.75, 3.05) is 18.4 Å². The van der Waals surface area contributed by atoms with E-state index in [-0.39, 0.29) is 23.7 Å². The van der Waals surface area contributed by atoms with Gasteiger partial charge in [-0.25, -0.2) is 4.98 Å². The normalized spacial score (nSPS) is 16.7. The number of thiazole rings is 1. The van der Waals surface area contributed by atoms with Crippen LogP contribution in [-0.4, -0.2) is 39.8 Å². The lowest BCUT2D eigenvalue weighted by atomic mass is 9.99. The van der Waals surface area contributed by atoms with Crippen LogP contribution in [0.25, 0.3) is 10.9 Å². The number of carbonyl (C=O) groups excluding carboxylic acids is 2. The number of aromatic nitrogens is 2. The maximum atomic E-state index is 12.9. The van der Waals surface area contributed by atoms with E-state index in [1.807, 2.05) is 54.5 Å². The number of anilines is 1. The first-order chi connectivity index (χ1) is 13.5. The topological polar surface area (TPSA) is 75.2 Å². The standard InChI is InChI=1S/C21H22N4O2S/c1-13(2)20(27)25-9-7-14(12-25)18-11-16(15-5-3-4-6-17(15)23-18)19(26)24-21-22-8-10-28-21/h3-6,8,10-11,13-14H,7,9,12H2,1-2H3,(H,22,24,26)/t14-/m0/s1. The predicted octanol–water partition coefficient (Wildman–Crippen LogP) is 3.92. The molecule has 1 aromatic carbocycles. The fraction of sp³-hybridized carbons (Fsp3) is 0.333. The van der Waals surface area contributed by atoms with Crippen LogP contribution in [0, 0.1) is 5.92 Å². The molecule has 7 heteroatoms. The molecule has 1 atom stereocenters. The summed E-state index contributed by atoms with van der Waals surface area (Å²) in [4.78, 5) is 36.1. The number of para-hydroxylation sites is 1. The van der Waals surface area contributed by atoms with Crippen LogP contribution in [0.4, 0.5) is 5.13 Å². The smallest absolute Gasteiger partial charge is 0.258 e. The van der Waals surface area contributed by atoms with E-state index >= 15 is 0 Å². The zero-order chi connectivity index (χ0) is 19.7. The van der Waals surface area contributed by atoms with E-state index in [9.17, 15) is 9.59 Å². The highest BCUT2D eigenvalue weighted by Gasteiger charge is 2.30. The largest absolute Gasteiger partial charge is 0.342 e. The monoisotopic (exact) mass is 394 g/mol. The number of rotatable bonds is 4. The molecule has 1 N–H and O–H groups in total. The molecule has 0 bridgehead atoms. The van der Waals surface area contributed by atoms with Gasteiger partial charge in [0.2, 0.25) is 5.91 Å². The van der Waals surface area contributed by atoms with Crippen molar-refractivity contribution in [2.24, 2.45) is 5.92 Å². The highest BCUT2D eigenvalue weighted by atomic mass is 32.1. The van der Waals surface area contributed by atoms with Crippen molar-refractivity contribution in [3.05, 3.63) is 53.2 Å². The SMILES string of the molecule is CC(C)C(=O)N1CC[C@H](c2cc(C(=O)Nc3nccs3)c3ccccc3n2)C1. The summed E-state index contributed by atoms with van der Waals surface area (Å²) in [5.74, 6) is 0.106. The first-order valence-electron chi connectivity index (χ1n) is 9.42. The highest BCUT2D eigenvalue weighted by molar-refractivity contribution is 7.13. The number of amides is 2. The summed E-state index contributed by atoms with van der Waals surface area (Å²) in [7, 11) is 0. The Bertz CT molecular complexity index is 1020. The van der Waals surface area contributed by atoms with Crippen molar-refractivity contribution >= 4 is 39.2 Å². The number of nitrogens with zero attached hydrogens (tertiary/aromatic N) is 3. The molecule has 1 aliphatic heterocycles. The molecule has 4 rings (SSSR count). The van der Waals surface area contributed by atoms with Gasteiger partial charge in [0.1, 0.15) is 0 Å². The molecule has 28 heavy (non-hydrogen) atoms. The molecular weight excluding hydrogens is 372 g/mol. The molecule has 0 saturated carbocycles. The summed E-state index contributed by atoms with van der Waals surface area (Å²) in [6, 6.07) is 9.53. The molecule has 0 spiro atoms. The molecule has 2 aromatic heterocycles. The van der Waals surface area contributed by atoms with Gasteiger partial charge in [-0.05, 0) is 18.6 Å². The van der Waals surface area contributed by atoms with Crippen LogP contribution < -0.4 is 5.32 Å². The molecule has 6 nitrogen and oxygen atoms in total. The molecule has 1 saturated heterocycles. The molecule has 0 radical (unpaired) electrons. The molecule has 1 fully saturated rings. The number of nitrogens with one attached hydrogen (secondary N) is 1. The van der Waals surface area contributed by atoms with Crippen LogP contribution in [0.5, 0.6) is 0 Å². The minimum atomic E-state index is -0.192. The molecule has 3 heterocycles. The van der Waals surface area contributed by atoms with Gasteiger partial charge in [0.15, 0.2) is 5.13 Å². The van der Waals surface area contributed by atoms with E-state index in [1.165, 1.54) is 11.3 Å². The number of carbonyl (C=O) groups is 2. The maximum absolute atomic E-state index is 12.9. The fourth-order valence-corrected chi connectivity index (χ4v) is 4.13. The molecule has 0 unspecified atom stereocenters. The Morgan fingerprint density at radius 1 is 1.29 bits per heavy atom. The van der Waals surface area contributed by atoms with Gasteiger partial charge >= 0.3 is 0 Å². The lowest BCUT2D eigenvalue weighted by Crippen LogP contribution is -2.32. The van der Waals surface area contributed by atoms with Crippen LogP contribution in [0.3, 0.4) is 0 Å². The Kier molecular flexibility index (Phi) is 5.09. The van der Waals surface area contributed by atoms with Crippen molar-refractivity contribution in [3.63, 3.8) is 0 Å². The van der Waals surface area contributed by atoms with E-state index < -0.39 is 0 Å². The lowest BCUT2D eigenvalue weighted by Gasteiger charge is -2.19. The summed E-state index contributed by atoms with van der Waals surface area (Å²) < 4.78 is 0. The number of fused-ring (bicyclic) bond motifs is 1. The second kappa shape index (κ2) is 7.67. The van der Waals surface area contributed by atoms with Crippen molar-refractivity contribution in [2.45, 2.75) is 26.2 Å². The number of hydrogen-bond acceptors (Lipinski definition) is 5. The Labute approximate surface area is 167 Å². The Hall–Kier alpha value is -2.80. The Morgan fingerprint density at radius 2 is 2.11 bits per heavy atom. The first-order valence-corrected chi connectivity index (χ1v) is 10.3. The Morgan fingerprint density at radius 3 is 2.86 bits per heavy atom. The van der Waals surface area contributed by atoms with Crippen LogP contribution in [-0.2, 0) is 4.79 Å². The first kappa shape index (κ1) is 18.6. The number of likely N-dealkylation sites (tertiary alicyclic amines) is 1. The van der Waals surface area contributed by atoms with E-state index in [4.69, 9.17) is 4.98 Å². The van der Waals surface area contributed by atoms with E-state index in [0.717, 1.165) is 29.6 Å². The van der Waals surface area contributed by atoms with Crippen molar-refractivity contribution in [3.8, 4) is 0 Å². The fourth-order valence-electron chi connectivity index (χ4n) is 3.61. The summed E-state index contributed by atoms with van der Waals surface area (Å²) >= 11 is 1.38. The average molecular weight is 395 g/mol. The molecule has 2 amide bonds. The summed E-state index contributed by atoms with van der Waals surface area (Å²) in [5, 5.41) is 6.07. The summed E-state index contributed by atoms with van der Waals surface area (Å²) in [6.07, 6.45) is 2.52. The predicted molar refractivity (Wildman–Crippen MR) is 111 cm³/mol. The van der Waals surface area contributed by atoms with Gasteiger partial charge in [0.25, 0.3) is 5.91 Å². The zero-order valence-corrected chi connectivity index (χ0v) is 16.7. The number of hydrogen-bond donors (Lipinski definition) is 1. The van der Waals surface area contributed by atoms with Crippen molar-refractivity contribution in [1.82, 2.24) is 14.9 Å². The van der Waals surface area contributed by atoms with Crippen molar-refractivity contribution < 1.29 is 9.59 Å². The van der Waals surface area contributed by atoms with Crippen LogP contribution in [0.2, 0.25) is 0 Å².